The Hall–Kier alpha value is -0.370. The van der Waals surface area contributed by atoms with E-state index in [1.165, 1.54) is 0 Å². The molecule has 6 nitrogen and oxygen atoms in total. The van der Waals surface area contributed by atoms with Gasteiger partial charge >= 0.3 is 0 Å². The number of halogens is 1. The van der Waals surface area contributed by atoms with Crippen molar-refractivity contribution in [2.75, 3.05) is 39.3 Å². The number of nitrogens with one attached hydrogen (secondary N) is 1. The van der Waals surface area contributed by atoms with Gasteiger partial charge in [0.05, 0.1) is 5.25 Å². The van der Waals surface area contributed by atoms with Crippen LogP contribution in [0.2, 0.25) is 0 Å². The zero-order valence-corrected chi connectivity index (χ0v) is 17.1. The maximum atomic E-state index is 13.2. The first kappa shape index (κ1) is 20.4. The predicted molar refractivity (Wildman–Crippen MR) is 104 cm³/mol. The van der Waals surface area contributed by atoms with Crippen molar-refractivity contribution in [3.63, 3.8) is 0 Å². The Bertz CT molecular complexity index is 615. The van der Waals surface area contributed by atoms with Crippen LogP contribution in [0.3, 0.4) is 0 Å². The van der Waals surface area contributed by atoms with Crippen molar-refractivity contribution in [2.24, 2.45) is 11.3 Å². The highest BCUT2D eigenvalue weighted by molar-refractivity contribution is 7.89. The Morgan fingerprint density at radius 3 is 2.50 bits per heavy atom. The summed E-state index contributed by atoms with van der Waals surface area (Å²) in [6.45, 7) is 4.39. The summed E-state index contributed by atoms with van der Waals surface area (Å²) in [6.07, 6.45) is 7.78. The molecule has 2 atom stereocenters. The van der Waals surface area contributed by atoms with E-state index in [2.05, 4.69) is 5.32 Å². The highest BCUT2D eigenvalue weighted by Crippen LogP contribution is 2.38. The molecule has 0 radical (unpaired) electrons. The van der Waals surface area contributed by atoms with Crippen LogP contribution in [0.5, 0.6) is 0 Å². The molecule has 8 heteroatoms. The lowest BCUT2D eigenvalue weighted by molar-refractivity contribution is -0.136. The molecular weight excluding hydrogens is 374 g/mol. The molecule has 4 rings (SSSR count). The van der Waals surface area contributed by atoms with Crippen molar-refractivity contribution in [3.05, 3.63) is 0 Å². The monoisotopic (exact) mass is 405 g/mol. The van der Waals surface area contributed by atoms with Crippen LogP contribution in [0.25, 0.3) is 0 Å². The second kappa shape index (κ2) is 7.94. The van der Waals surface area contributed by atoms with E-state index >= 15 is 0 Å². The first-order valence-electron chi connectivity index (χ1n) is 9.99. The summed E-state index contributed by atoms with van der Waals surface area (Å²) in [7, 11) is -3.30. The van der Waals surface area contributed by atoms with Gasteiger partial charge in [-0.05, 0) is 50.5 Å². The molecule has 1 amide bonds. The molecule has 1 aliphatic carbocycles. The lowest BCUT2D eigenvalue weighted by atomic mass is 9.87. The van der Waals surface area contributed by atoms with Crippen LogP contribution in [0.15, 0.2) is 0 Å². The summed E-state index contributed by atoms with van der Waals surface area (Å²) in [5.41, 5.74) is 0.154. The Balaban J connectivity index is 0.00000196. The molecule has 26 heavy (non-hydrogen) atoms. The average Bonchev–Trinajstić information content (AvgIpc) is 3.38. The minimum absolute atomic E-state index is 0. The van der Waals surface area contributed by atoms with E-state index in [-0.39, 0.29) is 29.6 Å². The Morgan fingerprint density at radius 1 is 1.04 bits per heavy atom. The highest BCUT2D eigenvalue weighted by Gasteiger charge is 2.47. The number of piperidine rings is 1. The molecule has 2 unspecified atom stereocenters. The van der Waals surface area contributed by atoms with Crippen LogP contribution in [0.4, 0.5) is 0 Å². The fraction of sp³-hybridized carbons (Fsp3) is 0.944. The third kappa shape index (κ3) is 3.77. The minimum Gasteiger partial charge on any atom is -0.341 e. The van der Waals surface area contributed by atoms with E-state index in [4.69, 9.17) is 0 Å². The van der Waals surface area contributed by atoms with Crippen LogP contribution in [0.1, 0.15) is 51.4 Å². The molecule has 150 valence electrons. The van der Waals surface area contributed by atoms with Gasteiger partial charge in [-0.15, -0.1) is 12.4 Å². The Labute approximate surface area is 163 Å². The van der Waals surface area contributed by atoms with Gasteiger partial charge in [-0.1, -0.05) is 12.8 Å². The van der Waals surface area contributed by atoms with Gasteiger partial charge in [0.2, 0.25) is 15.9 Å². The van der Waals surface area contributed by atoms with E-state index in [1.54, 1.807) is 4.31 Å². The quantitative estimate of drug-likeness (QED) is 0.774. The SMILES string of the molecule is Cl.O=C(C1CCCC1)N1CCCC(S(=O)(=O)N2CCC3(CCNC3)C2)C1. The van der Waals surface area contributed by atoms with Crippen LogP contribution >= 0.6 is 12.4 Å². The number of amides is 1. The summed E-state index contributed by atoms with van der Waals surface area (Å²) in [5.74, 6) is 0.344. The van der Waals surface area contributed by atoms with Gasteiger partial charge < -0.3 is 10.2 Å². The van der Waals surface area contributed by atoms with Crippen molar-refractivity contribution in [1.82, 2.24) is 14.5 Å². The first-order valence-corrected chi connectivity index (χ1v) is 11.5. The van der Waals surface area contributed by atoms with Crippen molar-refractivity contribution >= 4 is 28.3 Å². The number of carbonyl (C=O) groups excluding carboxylic acids is 1. The largest absolute Gasteiger partial charge is 0.341 e. The second-order valence-electron chi connectivity index (χ2n) is 8.59. The molecule has 4 fully saturated rings. The topological polar surface area (TPSA) is 69.7 Å². The fourth-order valence-electron chi connectivity index (χ4n) is 5.28. The lowest BCUT2D eigenvalue weighted by Gasteiger charge is -2.36. The molecule has 0 aromatic carbocycles. The van der Waals surface area contributed by atoms with Gasteiger partial charge in [0.25, 0.3) is 0 Å². The smallest absolute Gasteiger partial charge is 0.225 e. The average molecular weight is 406 g/mol. The summed E-state index contributed by atoms with van der Waals surface area (Å²) < 4.78 is 28.1. The minimum atomic E-state index is -3.30. The van der Waals surface area contributed by atoms with Crippen molar-refractivity contribution < 1.29 is 13.2 Å². The third-order valence-electron chi connectivity index (χ3n) is 6.91. The summed E-state index contributed by atoms with van der Waals surface area (Å²) >= 11 is 0. The van der Waals surface area contributed by atoms with Crippen LogP contribution < -0.4 is 5.32 Å². The number of sulfonamides is 1. The maximum Gasteiger partial charge on any atom is 0.225 e. The van der Waals surface area contributed by atoms with Crippen molar-refractivity contribution in [2.45, 2.75) is 56.6 Å². The summed E-state index contributed by atoms with van der Waals surface area (Å²) in [6, 6.07) is 0. The molecule has 0 aromatic rings. The highest BCUT2D eigenvalue weighted by atomic mass is 35.5. The van der Waals surface area contributed by atoms with Gasteiger partial charge in [0, 0.05) is 38.6 Å². The molecule has 3 heterocycles. The number of likely N-dealkylation sites (tertiary alicyclic amines) is 1. The van der Waals surface area contributed by atoms with Gasteiger partial charge in [-0.2, -0.15) is 0 Å². The summed E-state index contributed by atoms with van der Waals surface area (Å²) in [4.78, 5) is 14.6. The number of carbonyl (C=O) groups is 1. The molecule has 1 N–H and O–H groups in total. The summed E-state index contributed by atoms with van der Waals surface area (Å²) in [5, 5.41) is 2.98. The molecule has 0 aromatic heterocycles. The zero-order valence-electron chi connectivity index (χ0n) is 15.5. The van der Waals surface area contributed by atoms with E-state index in [9.17, 15) is 13.2 Å². The Morgan fingerprint density at radius 2 is 1.81 bits per heavy atom. The van der Waals surface area contributed by atoms with Crippen LogP contribution in [0, 0.1) is 11.3 Å². The molecule has 4 aliphatic rings. The number of nitrogens with zero attached hydrogens (tertiary/aromatic N) is 2. The van der Waals surface area contributed by atoms with Crippen molar-refractivity contribution in [1.29, 1.82) is 0 Å². The number of rotatable bonds is 3. The fourth-order valence-corrected chi connectivity index (χ4v) is 7.33. The third-order valence-corrected chi connectivity index (χ3v) is 9.17. The van der Waals surface area contributed by atoms with E-state index < -0.39 is 15.3 Å². The van der Waals surface area contributed by atoms with Gasteiger partial charge in [0.15, 0.2) is 0 Å². The van der Waals surface area contributed by atoms with Gasteiger partial charge in [-0.25, -0.2) is 12.7 Å². The first-order chi connectivity index (χ1) is 12.0. The molecule has 3 saturated heterocycles. The van der Waals surface area contributed by atoms with E-state index in [0.29, 0.717) is 26.1 Å². The van der Waals surface area contributed by atoms with Gasteiger partial charge in [-0.3, -0.25) is 4.79 Å². The standard InChI is InChI=1S/C18H31N3O3S.ClH/c22-17(15-4-1-2-5-15)20-10-3-6-16(12-20)25(23,24)21-11-8-18(14-21)7-9-19-13-18;/h15-16,19H,1-14H2;1H. The van der Waals surface area contributed by atoms with Crippen molar-refractivity contribution in [3.8, 4) is 0 Å². The van der Waals surface area contributed by atoms with E-state index in [1.807, 2.05) is 4.90 Å². The molecule has 1 saturated carbocycles. The number of hydrogen-bond acceptors (Lipinski definition) is 4. The van der Waals surface area contributed by atoms with Gasteiger partial charge in [0.1, 0.15) is 0 Å². The molecule has 3 aliphatic heterocycles. The lowest BCUT2D eigenvalue weighted by Crippen LogP contribution is -2.50. The van der Waals surface area contributed by atoms with E-state index in [0.717, 1.165) is 64.6 Å². The molecule has 1 spiro atoms. The molecule has 0 bridgehead atoms. The second-order valence-corrected chi connectivity index (χ2v) is 10.8. The number of hydrogen-bond donors (Lipinski definition) is 1. The zero-order chi connectivity index (χ0) is 17.5. The molecular formula is C18H32ClN3O3S. The van der Waals surface area contributed by atoms with Crippen LogP contribution in [-0.4, -0.2) is 68.0 Å². The Kier molecular flexibility index (Phi) is 6.22. The maximum absolute atomic E-state index is 13.2. The van der Waals surface area contributed by atoms with Crippen LogP contribution in [-0.2, 0) is 14.8 Å². The predicted octanol–water partition coefficient (Wildman–Crippen LogP) is 1.60. The normalized spacial score (nSPS) is 33.7.